The number of benzene rings is 1. The van der Waals surface area contributed by atoms with Crippen molar-refractivity contribution in [1.29, 1.82) is 0 Å². The number of aromatic hydroxyl groups is 1. The largest absolute Gasteiger partial charge is 0.508 e. The predicted molar refractivity (Wildman–Crippen MR) is 71.0 cm³/mol. The standard InChI is InChI=1S/C13H14N2O3S/c1-15(10-11-3-2-8-14-9-11)19(17,18)13-6-4-12(16)5-7-13/h2-9,16H,10H2,1H3. The fraction of sp³-hybridized carbons (Fsp3) is 0.154. The molecule has 2 aromatic rings. The Kier molecular flexibility index (Phi) is 3.82. The number of phenols is 1. The van der Waals surface area contributed by atoms with Crippen molar-refractivity contribution in [1.82, 2.24) is 9.29 Å². The molecule has 0 radical (unpaired) electrons. The van der Waals surface area contributed by atoms with Crippen molar-refractivity contribution in [3.05, 3.63) is 54.4 Å². The monoisotopic (exact) mass is 278 g/mol. The molecule has 0 aliphatic carbocycles. The Morgan fingerprint density at radius 3 is 2.47 bits per heavy atom. The van der Waals surface area contributed by atoms with Crippen molar-refractivity contribution in [2.24, 2.45) is 0 Å². The van der Waals surface area contributed by atoms with Gasteiger partial charge in [0.1, 0.15) is 5.75 Å². The average Bonchev–Trinajstić information content (AvgIpc) is 2.40. The highest BCUT2D eigenvalue weighted by molar-refractivity contribution is 7.89. The first kappa shape index (κ1) is 13.5. The quantitative estimate of drug-likeness (QED) is 0.922. The molecule has 1 heterocycles. The highest BCUT2D eigenvalue weighted by Crippen LogP contribution is 2.19. The third kappa shape index (κ3) is 3.10. The van der Waals surface area contributed by atoms with Crippen LogP contribution in [0.4, 0.5) is 0 Å². The van der Waals surface area contributed by atoms with E-state index in [-0.39, 0.29) is 17.2 Å². The molecule has 100 valence electrons. The number of pyridine rings is 1. The van der Waals surface area contributed by atoms with Gasteiger partial charge in [-0.05, 0) is 35.9 Å². The molecule has 0 spiro atoms. The zero-order valence-electron chi connectivity index (χ0n) is 10.4. The fourth-order valence-corrected chi connectivity index (χ4v) is 2.79. The Balaban J connectivity index is 2.22. The van der Waals surface area contributed by atoms with Crippen LogP contribution in [-0.2, 0) is 16.6 Å². The molecular formula is C13H14N2O3S. The summed E-state index contributed by atoms with van der Waals surface area (Å²) in [6, 6.07) is 9.04. The van der Waals surface area contributed by atoms with Crippen LogP contribution >= 0.6 is 0 Å². The third-order valence-corrected chi connectivity index (χ3v) is 4.49. The molecule has 0 amide bonds. The number of nitrogens with zero attached hydrogens (tertiary/aromatic N) is 2. The molecule has 0 saturated carbocycles. The van der Waals surface area contributed by atoms with Crippen LogP contribution in [-0.4, -0.2) is 29.9 Å². The normalized spacial score (nSPS) is 11.7. The van der Waals surface area contributed by atoms with Gasteiger partial charge < -0.3 is 5.11 Å². The van der Waals surface area contributed by atoms with Gasteiger partial charge in [0.2, 0.25) is 10.0 Å². The summed E-state index contributed by atoms with van der Waals surface area (Å²) in [7, 11) is -2.05. The van der Waals surface area contributed by atoms with Crippen molar-refractivity contribution in [3.8, 4) is 5.75 Å². The molecule has 0 saturated heterocycles. The summed E-state index contributed by atoms with van der Waals surface area (Å²) < 4.78 is 25.8. The van der Waals surface area contributed by atoms with Crippen LogP contribution < -0.4 is 0 Å². The molecular weight excluding hydrogens is 264 g/mol. The highest BCUT2D eigenvalue weighted by atomic mass is 32.2. The minimum Gasteiger partial charge on any atom is -0.508 e. The van der Waals surface area contributed by atoms with E-state index in [1.807, 2.05) is 6.07 Å². The number of hydrogen-bond donors (Lipinski definition) is 1. The number of rotatable bonds is 4. The van der Waals surface area contributed by atoms with Gasteiger partial charge in [0.15, 0.2) is 0 Å². The van der Waals surface area contributed by atoms with Crippen molar-refractivity contribution < 1.29 is 13.5 Å². The highest BCUT2D eigenvalue weighted by Gasteiger charge is 2.20. The first-order valence-corrected chi connectivity index (χ1v) is 7.08. The molecule has 0 atom stereocenters. The number of hydrogen-bond acceptors (Lipinski definition) is 4. The lowest BCUT2D eigenvalue weighted by Gasteiger charge is -2.17. The second-order valence-electron chi connectivity index (χ2n) is 4.12. The van der Waals surface area contributed by atoms with Gasteiger partial charge in [0.05, 0.1) is 4.90 Å². The molecule has 1 N–H and O–H groups in total. The zero-order chi connectivity index (χ0) is 13.9. The van der Waals surface area contributed by atoms with Crippen molar-refractivity contribution in [3.63, 3.8) is 0 Å². The van der Waals surface area contributed by atoms with E-state index < -0.39 is 10.0 Å². The van der Waals surface area contributed by atoms with E-state index in [0.717, 1.165) is 5.56 Å². The van der Waals surface area contributed by atoms with Crippen LogP contribution in [0.5, 0.6) is 5.75 Å². The third-order valence-electron chi connectivity index (χ3n) is 2.67. The van der Waals surface area contributed by atoms with E-state index in [0.29, 0.717) is 0 Å². The van der Waals surface area contributed by atoms with Crippen molar-refractivity contribution in [2.45, 2.75) is 11.4 Å². The molecule has 1 aromatic carbocycles. The lowest BCUT2D eigenvalue weighted by atomic mass is 10.3. The molecule has 1 aromatic heterocycles. The topological polar surface area (TPSA) is 70.5 Å². The minimum absolute atomic E-state index is 0.0360. The molecule has 0 unspecified atom stereocenters. The Bertz CT molecular complexity index is 639. The number of phenolic OH excluding ortho intramolecular Hbond substituents is 1. The predicted octanol–water partition coefficient (Wildman–Crippen LogP) is 1.61. The van der Waals surface area contributed by atoms with E-state index >= 15 is 0 Å². The van der Waals surface area contributed by atoms with Gasteiger partial charge in [-0.2, -0.15) is 4.31 Å². The molecule has 0 aliphatic heterocycles. The molecule has 6 heteroatoms. The van der Waals surface area contributed by atoms with Crippen LogP contribution in [0.1, 0.15) is 5.56 Å². The Labute approximate surface area is 112 Å². The maximum absolute atomic E-state index is 12.3. The summed E-state index contributed by atoms with van der Waals surface area (Å²) in [6.45, 7) is 0.247. The number of aromatic nitrogens is 1. The molecule has 0 fully saturated rings. The summed E-state index contributed by atoms with van der Waals surface area (Å²) in [6.07, 6.45) is 3.26. The van der Waals surface area contributed by atoms with Crippen LogP contribution in [0.25, 0.3) is 0 Å². The molecule has 0 bridgehead atoms. The van der Waals surface area contributed by atoms with E-state index in [1.165, 1.54) is 35.6 Å². The average molecular weight is 278 g/mol. The van der Waals surface area contributed by atoms with Gasteiger partial charge in [0.25, 0.3) is 0 Å². The Morgan fingerprint density at radius 1 is 1.21 bits per heavy atom. The van der Waals surface area contributed by atoms with E-state index in [2.05, 4.69) is 4.98 Å². The zero-order valence-corrected chi connectivity index (χ0v) is 11.2. The van der Waals surface area contributed by atoms with Crippen LogP contribution in [0.2, 0.25) is 0 Å². The SMILES string of the molecule is CN(Cc1cccnc1)S(=O)(=O)c1ccc(O)cc1. The van der Waals surface area contributed by atoms with E-state index in [4.69, 9.17) is 0 Å². The van der Waals surface area contributed by atoms with E-state index in [9.17, 15) is 13.5 Å². The van der Waals surface area contributed by atoms with Gasteiger partial charge in [-0.3, -0.25) is 4.98 Å². The summed E-state index contributed by atoms with van der Waals surface area (Å²) in [5.74, 6) is 0.0360. The molecule has 0 aliphatic rings. The smallest absolute Gasteiger partial charge is 0.243 e. The lowest BCUT2D eigenvalue weighted by molar-refractivity contribution is 0.464. The molecule has 19 heavy (non-hydrogen) atoms. The van der Waals surface area contributed by atoms with Gasteiger partial charge >= 0.3 is 0 Å². The second kappa shape index (κ2) is 5.38. The Morgan fingerprint density at radius 2 is 1.89 bits per heavy atom. The van der Waals surface area contributed by atoms with Crippen molar-refractivity contribution in [2.75, 3.05) is 7.05 Å². The molecule has 5 nitrogen and oxygen atoms in total. The van der Waals surface area contributed by atoms with Crippen molar-refractivity contribution >= 4 is 10.0 Å². The summed E-state index contributed by atoms with van der Waals surface area (Å²) in [5.41, 5.74) is 0.812. The summed E-state index contributed by atoms with van der Waals surface area (Å²) in [4.78, 5) is 4.10. The lowest BCUT2D eigenvalue weighted by Crippen LogP contribution is -2.26. The minimum atomic E-state index is -3.56. The summed E-state index contributed by atoms with van der Waals surface area (Å²) in [5, 5.41) is 9.18. The van der Waals surface area contributed by atoms with Crippen LogP contribution in [0.3, 0.4) is 0 Å². The second-order valence-corrected chi connectivity index (χ2v) is 6.16. The number of sulfonamides is 1. The van der Waals surface area contributed by atoms with Gasteiger partial charge in [-0.15, -0.1) is 0 Å². The Hall–Kier alpha value is -1.92. The first-order valence-electron chi connectivity index (χ1n) is 5.64. The maximum atomic E-state index is 12.3. The van der Waals surface area contributed by atoms with Gasteiger partial charge in [-0.1, -0.05) is 6.07 Å². The van der Waals surface area contributed by atoms with Crippen LogP contribution in [0.15, 0.2) is 53.7 Å². The van der Waals surface area contributed by atoms with Gasteiger partial charge in [0, 0.05) is 26.0 Å². The fourth-order valence-electron chi connectivity index (χ4n) is 1.63. The summed E-state index contributed by atoms with van der Waals surface area (Å²) >= 11 is 0. The first-order chi connectivity index (χ1) is 9.00. The van der Waals surface area contributed by atoms with Gasteiger partial charge in [-0.25, -0.2) is 8.42 Å². The van der Waals surface area contributed by atoms with E-state index in [1.54, 1.807) is 18.5 Å². The van der Waals surface area contributed by atoms with Crippen LogP contribution in [0, 0.1) is 0 Å². The maximum Gasteiger partial charge on any atom is 0.243 e. The molecule has 2 rings (SSSR count).